The third-order valence-corrected chi connectivity index (χ3v) is 4.34. The maximum Gasteiger partial charge on any atom is 0.267 e. The molecule has 0 N–H and O–H groups in total. The number of nitrogens with zero attached hydrogens (tertiary/aromatic N) is 5. The molecule has 4 rings (SSSR count). The Morgan fingerprint density at radius 1 is 1.14 bits per heavy atom. The van der Waals surface area contributed by atoms with E-state index in [0.29, 0.717) is 11.3 Å². The van der Waals surface area contributed by atoms with Gasteiger partial charge in [-0.25, -0.2) is 18.6 Å². The first-order valence-electron chi connectivity index (χ1n) is 8.64. The smallest absolute Gasteiger partial charge is 0.267 e. The Morgan fingerprint density at radius 3 is 2.82 bits per heavy atom. The van der Waals surface area contributed by atoms with Crippen LogP contribution < -0.4 is 5.56 Å². The van der Waals surface area contributed by atoms with E-state index in [4.69, 9.17) is 0 Å². The van der Waals surface area contributed by atoms with Gasteiger partial charge >= 0.3 is 0 Å². The Hall–Kier alpha value is -3.68. The number of ketones is 1. The van der Waals surface area contributed by atoms with Crippen molar-refractivity contribution in [2.24, 2.45) is 0 Å². The molecule has 3 aromatic heterocycles. The van der Waals surface area contributed by atoms with Gasteiger partial charge in [0.25, 0.3) is 5.56 Å². The second-order valence-corrected chi connectivity index (χ2v) is 6.51. The number of hydrogen-bond acceptors (Lipinski definition) is 5. The molecule has 28 heavy (non-hydrogen) atoms. The Kier molecular flexibility index (Phi) is 4.52. The minimum absolute atomic E-state index is 0.126. The molecule has 0 aliphatic heterocycles. The molecular weight excluding hydrogens is 361 g/mol. The van der Waals surface area contributed by atoms with Crippen LogP contribution >= 0.6 is 0 Å². The first-order chi connectivity index (χ1) is 13.5. The lowest BCUT2D eigenvalue weighted by atomic mass is 10.1. The first-order valence-corrected chi connectivity index (χ1v) is 8.64. The van der Waals surface area contributed by atoms with E-state index in [-0.39, 0.29) is 24.3 Å². The standard InChI is InChI=1S/C20H16FN5O2/c1-13-2-3-16(17(21)8-13)18-4-5-20(28)26(24-18)11-15(27)9-14-6-7-25-19(10-14)22-12-23-25/h2-8,10,12H,9,11H2,1H3. The van der Waals surface area contributed by atoms with E-state index in [1.54, 1.807) is 41.9 Å². The summed E-state index contributed by atoms with van der Waals surface area (Å²) in [6.07, 6.45) is 3.27. The lowest BCUT2D eigenvalue weighted by Gasteiger charge is -2.08. The van der Waals surface area contributed by atoms with Gasteiger partial charge in [-0.1, -0.05) is 6.07 Å². The van der Waals surface area contributed by atoms with Gasteiger partial charge in [0.2, 0.25) is 0 Å². The molecule has 0 aliphatic carbocycles. The van der Waals surface area contributed by atoms with Crippen LogP contribution in [0.4, 0.5) is 4.39 Å². The lowest BCUT2D eigenvalue weighted by molar-refractivity contribution is -0.119. The number of aromatic nitrogens is 5. The molecule has 0 amide bonds. The Bertz CT molecular complexity index is 1240. The molecule has 3 heterocycles. The number of benzene rings is 1. The fourth-order valence-electron chi connectivity index (χ4n) is 2.95. The second kappa shape index (κ2) is 7.15. The molecule has 0 saturated carbocycles. The van der Waals surface area contributed by atoms with E-state index in [1.165, 1.54) is 24.5 Å². The van der Waals surface area contributed by atoms with Crippen molar-refractivity contribution in [3.05, 3.63) is 82.3 Å². The largest absolute Gasteiger partial charge is 0.297 e. The van der Waals surface area contributed by atoms with Crippen molar-refractivity contribution in [3.8, 4) is 11.3 Å². The molecule has 1 aromatic carbocycles. The van der Waals surface area contributed by atoms with Crippen LogP contribution in [0.15, 0.2) is 59.8 Å². The number of fused-ring (bicyclic) bond motifs is 1. The first kappa shape index (κ1) is 17.7. The van der Waals surface area contributed by atoms with Gasteiger partial charge in [0.15, 0.2) is 11.4 Å². The summed E-state index contributed by atoms with van der Waals surface area (Å²) >= 11 is 0. The van der Waals surface area contributed by atoms with E-state index in [9.17, 15) is 14.0 Å². The molecule has 0 bridgehead atoms. The maximum absolute atomic E-state index is 14.2. The average Bonchev–Trinajstić information content (AvgIpc) is 3.11. The van der Waals surface area contributed by atoms with E-state index in [1.807, 2.05) is 0 Å². The number of aryl methyl sites for hydroxylation is 1. The van der Waals surface area contributed by atoms with E-state index < -0.39 is 11.4 Å². The summed E-state index contributed by atoms with van der Waals surface area (Å²) in [6.45, 7) is 1.59. The molecule has 4 aromatic rings. The van der Waals surface area contributed by atoms with Crippen LogP contribution in [0.2, 0.25) is 0 Å². The minimum atomic E-state index is -0.425. The van der Waals surface area contributed by atoms with Crippen LogP contribution in [0.5, 0.6) is 0 Å². The van der Waals surface area contributed by atoms with Crippen molar-refractivity contribution in [1.29, 1.82) is 0 Å². The predicted octanol–water partition coefficient (Wildman–Crippen LogP) is 2.21. The maximum atomic E-state index is 14.2. The Morgan fingerprint density at radius 2 is 2.00 bits per heavy atom. The summed E-state index contributed by atoms with van der Waals surface area (Å²) in [5.41, 5.74) is 2.35. The molecule has 7 nitrogen and oxygen atoms in total. The fourth-order valence-corrected chi connectivity index (χ4v) is 2.95. The normalized spacial score (nSPS) is 11.1. The molecule has 0 radical (unpaired) electrons. The Labute approximate surface area is 159 Å². The number of pyridine rings is 1. The quantitative estimate of drug-likeness (QED) is 0.533. The number of rotatable bonds is 5. The van der Waals surface area contributed by atoms with Gasteiger partial charge in [-0.2, -0.15) is 10.2 Å². The lowest BCUT2D eigenvalue weighted by Crippen LogP contribution is -2.27. The Balaban J connectivity index is 1.56. The van der Waals surface area contributed by atoms with Gasteiger partial charge in [0.1, 0.15) is 18.7 Å². The molecule has 0 saturated heterocycles. The highest BCUT2D eigenvalue weighted by Crippen LogP contribution is 2.20. The molecule has 140 valence electrons. The zero-order valence-corrected chi connectivity index (χ0v) is 15.0. The highest BCUT2D eigenvalue weighted by molar-refractivity contribution is 5.80. The summed E-state index contributed by atoms with van der Waals surface area (Å²) < 4.78 is 16.9. The summed E-state index contributed by atoms with van der Waals surface area (Å²) in [5.74, 6) is -0.620. The minimum Gasteiger partial charge on any atom is -0.297 e. The highest BCUT2D eigenvalue weighted by Gasteiger charge is 2.12. The topological polar surface area (TPSA) is 82.2 Å². The number of Topliss-reactive ketones (excluding diaryl/α,β-unsaturated/α-hetero) is 1. The SMILES string of the molecule is Cc1ccc(-c2ccc(=O)n(CC(=O)Cc3ccn4ncnc4c3)n2)c(F)c1. The summed E-state index contributed by atoms with van der Waals surface area (Å²) in [5, 5.41) is 8.18. The highest BCUT2D eigenvalue weighted by atomic mass is 19.1. The van der Waals surface area contributed by atoms with Crippen molar-refractivity contribution in [1.82, 2.24) is 24.4 Å². The van der Waals surface area contributed by atoms with Crippen LogP contribution in [0.3, 0.4) is 0 Å². The van der Waals surface area contributed by atoms with Crippen LogP contribution in [-0.4, -0.2) is 30.2 Å². The molecule has 0 fully saturated rings. The van der Waals surface area contributed by atoms with E-state index in [0.717, 1.165) is 15.8 Å². The van der Waals surface area contributed by atoms with Crippen LogP contribution in [0.1, 0.15) is 11.1 Å². The van der Waals surface area contributed by atoms with Crippen LogP contribution in [-0.2, 0) is 17.8 Å². The third kappa shape index (κ3) is 3.57. The van der Waals surface area contributed by atoms with Gasteiger partial charge in [-0.3, -0.25) is 9.59 Å². The van der Waals surface area contributed by atoms with Gasteiger partial charge in [-0.15, -0.1) is 0 Å². The number of hydrogen-bond donors (Lipinski definition) is 0. The number of halogens is 1. The van der Waals surface area contributed by atoms with Crippen molar-refractivity contribution < 1.29 is 9.18 Å². The molecule has 0 spiro atoms. The van der Waals surface area contributed by atoms with Crippen molar-refractivity contribution in [2.45, 2.75) is 19.9 Å². The van der Waals surface area contributed by atoms with E-state index >= 15 is 0 Å². The summed E-state index contributed by atoms with van der Waals surface area (Å²) in [7, 11) is 0. The number of carbonyl (C=O) groups excluding carboxylic acids is 1. The average molecular weight is 377 g/mol. The zero-order valence-electron chi connectivity index (χ0n) is 15.0. The summed E-state index contributed by atoms with van der Waals surface area (Å²) in [4.78, 5) is 28.6. The second-order valence-electron chi connectivity index (χ2n) is 6.51. The van der Waals surface area contributed by atoms with Gasteiger partial charge < -0.3 is 0 Å². The van der Waals surface area contributed by atoms with Crippen molar-refractivity contribution in [2.75, 3.05) is 0 Å². The number of carbonyl (C=O) groups is 1. The molecule has 8 heteroatoms. The zero-order chi connectivity index (χ0) is 19.7. The molecule has 0 atom stereocenters. The van der Waals surface area contributed by atoms with Gasteiger partial charge in [-0.05, 0) is 48.4 Å². The third-order valence-electron chi connectivity index (χ3n) is 4.34. The van der Waals surface area contributed by atoms with Crippen LogP contribution in [0, 0.1) is 12.7 Å². The monoisotopic (exact) mass is 377 g/mol. The van der Waals surface area contributed by atoms with Gasteiger partial charge in [0.05, 0.1) is 5.69 Å². The van der Waals surface area contributed by atoms with Crippen molar-refractivity contribution in [3.63, 3.8) is 0 Å². The molecule has 0 unspecified atom stereocenters. The van der Waals surface area contributed by atoms with E-state index in [2.05, 4.69) is 15.2 Å². The molecular formula is C20H16FN5O2. The summed E-state index contributed by atoms with van der Waals surface area (Å²) in [6, 6.07) is 11.1. The van der Waals surface area contributed by atoms with Gasteiger partial charge in [0, 0.05) is 24.2 Å². The fraction of sp³-hybridized carbons (Fsp3) is 0.150. The van der Waals surface area contributed by atoms with Crippen LogP contribution in [0.25, 0.3) is 16.9 Å². The molecule has 0 aliphatic rings. The predicted molar refractivity (Wildman–Crippen MR) is 100 cm³/mol. The van der Waals surface area contributed by atoms with Crippen molar-refractivity contribution >= 4 is 11.4 Å².